The van der Waals surface area contributed by atoms with E-state index >= 15 is 0 Å². The zero-order chi connectivity index (χ0) is 10.9. The van der Waals surface area contributed by atoms with Crippen molar-refractivity contribution >= 4 is 11.6 Å². The summed E-state index contributed by atoms with van der Waals surface area (Å²) in [4.78, 5) is 0. The quantitative estimate of drug-likeness (QED) is 0.819. The van der Waals surface area contributed by atoms with Crippen molar-refractivity contribution < 1.29 is 4.39 Å². The average molecular weight is 228 g/mol. The van der Waals surface area contributed by atoms with Gasteiger partial charge in [0.2, 0.25) is 0 Å². The van der Waals surface area contributed by atoms with E-state index in [9.17, 15) is 4.39 Å². The molecule has 0 aliphatic carbocycles. The van der Waals surface area contributed by atoms with Crippen molar-refractivity contribution in [2.24, 2.45) is 0 Å². The van der Waals surface area contributed by atoms with Gasteiger partial charge in [0.1, 0.15) is 5.67 Å². The van der Waals surface area contributed by atoms with Gasteiger partial charge in [0.05, 0.1) is 0 Å². The lowest BCUT2D eigenvalue weighted by Crippen LogP contribution is -2.28. The minimum atomic E-state index is -1.07. The maximum absolute atomic E-state index is 14.1. The van der Waals surface area contributed by atoms with Crippen LogP contribution >= 0.6 is 11.6 Å². The van der Waals surface area contributed by atoms with Crippen molar-refractivity contribution in [1.29, 1.82) is 0 Å². The fourth-order valence-electron chi connectivity index (χ4n) is 2.05. The third kappa shape index (κ3) is 2.50. The number of alkyl halides is 1. The summed E-state index contributed by atoms with van der Waals surface area (Å²) >= 11 is 5.93. The van der Waals surface area contributed by atoms with Crippen LogP contribution in [0.4, 0.5) is 4.39 Å². The second-order valence-corrected chi connectivity index (χ2v) is 4.75. The zero-order valence-corrected chi connectivity index (χ0v) is 9.57. The van der Waals surface area contributed by atoms with Gasteiger partial charge in [0.25, 0.3) is 0 Å². The van der Waals surface area contributed by atoms with Crippen LogP contribution in [-0.2, 0) is 6.42 Å². The first kappa shape index (κ1) is 10.9. The van der Waals surface area contributed by atoms with Gasteiger partial charge in [0.15, 0.2) is 0 Å². The van der Waals surface area contributed by atoms with E-state index in [1.807, 2.05) is 25.1 Å². The van der Waals surface area contributed by atoms with Gasteiger partial charge < -0.3 is 5.32 Å². The molecule has 1 atom stereocenters. The Morgan fingerprint density at radius 2 is 2.33 bits per heavy atom. The third-order valence-corrected chi connectivity index (χ3v) is 3.36. The largest absolute Gasteiger partial charge is 0.313 e. The molecule has 0 aromatic heterocycles. The molecule has 0 bridgehead atoms. The maximum atomic E-state index is 14.1. The molecule has 1 unspecified atom stereocenters. The summed E-state index contributed by atoms with van der Waals surface area (Å²) in [6, 6.07) is 5.73. The van der Waals surface area contributed by atoms with Crippen molar-refractivity contribution in [1.82, 2.24) is 5.32 Å². The molecule has 0 saturated carbocycles. The maximum Gasteiger partial charge on any atom is 0.128 e. The van der Waals surface area contributed by atoms with Gasteiger partial charge in [-0.1, -0.05) is 23.7 Å². The van der Waals surface area contributed by atoms with E-state index in [2.05, 4.69) is 5.32 Å². The minimum absolute atomic E-state index is 0.467. The Hall–Kier alpha value is -0.600. The van der Waals surface area contributed by atoms with E-state index in [0.717, 1.165) is 22.7 Å². The molecule has 1 N–H and O–H groups in total. The lowest BCUT2D eigenvalue weighted by Gasteiger charge is -2.18. The Bertz CT molecular complexity index is 359. The highest BCUT2D eigenvalue weighted by molar-refractivity contribution is 6.31. The topological polar surface area (TPSA) is 12.0 Å². The molecule has 1 aliphatic heterocycles. The molecule has 1 nitrogen and oxygen atoms in total. The molecule has 1 aliphatic rings. The van der Waals surface area contributed by atoms with E-state index in [4.69, 9.17) is 11.6 Å². The van der Waals surface area contributed by atoms with E-state index in [1.54, 1.807) is 0 Å². The summed E-state index contributed by atoms with van der Waals surface area (Å²) in [7, 11) is 0. The molecule has 0 spiro atoms. The lowest BCUT2D eigenvalue weighted by molar-refractivity contribution is 0.190. The zero-order valence-electron chi connectivity index (χ0n) is 8.82. The number of hydrogen-bond donors (Lipinski definition) is 1. The molecule has 1 saturated heterocycles. The van der Waals surface area contributed by atoms with Crippen molar-refractivity contribution in [3.63, 3.8) is 0 Å². The highest BCUT2D eigenvalue weighted by Gasteiger charge is 2.33. The van der Waals surface area contributed by atoms with E-state index < -0.39 is 5.67 Å². The molecule has 15 heavy (non-hydrogen) atoms. The Labute approximate surface area is 94.6 Å². The SMILES string of the molecule is Cc1cc(CC2(F)CCNC2)ccc1Cl. The van der Waals surface area contributed by atoms with E-state index in [0.29, 0.717) is 19.4 Å². The molecule has 0 radical (unpaired) electrons. The van der Waals surface area contributed by atoms with Gasteiger partial charge in [-0.2, -0.15) is 0 Å². The first-order chi connectivity index (χ1) is 7.09. The number of rotatable bonds is 2. The Morgan fingerprint density at radius 1 is 1.53 bits per heavy atom. The van der Waals surface area contributed by atoms with Crippen LogP contribution in [0.15, 0.2) is 18.2 Å². The van der Waals surface area contributed by atoms with Gasteiger partial charge in [-0.15, -0.1) is 0 Å². The number of hydrogen-bond acceptors (Lipinski definition) is 1. The molecule has 1 heterocycles. The number of benzene rings is 1. The minimum Gasteiger partial charge on any atom is -0.313 e. The molecular weight excluding hydrogens is 213 g/mol. The van der Waals surface area contributed by atoms with Gasteiger partial charge in [0, 0.05) is 18.0 Å². The van der Waals surface area contributed by atoms with Crippen molar-refractivity contribution in [3.8, 4) is 0 Å². The fraction of sp³-hybridized carbons (Fsp3) is 0.500. The number of aryl methyl sites for hydroxylation is 1. The van der Waals surface area contributed by atoms with Gasteiger partial charge in [-0.25, -0.2) is 4.39 Å². The molecule has 1 aromatic rings. The molecule has 1 aromatic carbocycles. The normalized spacial score (nSPS) is 25.8. The van der Waals surface area contributed by atoms with Crippen molar-refractivity contribution in [2.75, 3.05) is 13.1 Å². The standard InChI is InChI=1S/C12H15ClFN/c1-9-6-10(2-3-11(9)13)7-12(14)4-5-15-8-12/h2-3,6,15H,4-5,7-8H2,1H3. The van der Waals surface area contributed by atoms with E-state index in [1.165, 1.54) is 0 Å². The molecule has 0 amide bonds. The second kappa shape index (κ2) is 4.11. The highest BCUT2D eigenvalue weighted by Crippen LogP contribution is 2.26. The summed E-state index contributed by atoms with van der Waals surface area (Å²) in [5.74, 6) is 0. The molecule has 1 fully saturated rings. The predicted molar refractivity (Wildman–Crippen MR) is 61.2 cm³/mol. The van der Waals surface area contributed by atoms with Crippen LogP contribution in [0, 0.1) is 6.92 Å². The van der Waals surface area contributed by atoms with Crippen LogP contribution < -0.4 is 5.32 Å². The molecule has 3 heteroatoms. The first-order valence-corrected chi connectivity index (χ1v) is 5.62. The first-order valence-electron chi connectivity index (χ1n) is 5.24. The number of nitrogens with one attached hydrogen (secondary N) is 1. The Morgan fingerprint density at radius 3 is 2.93 bits per heavy atom. The fourth-order valence-corrected chi connectivity index (χ4v) is 2.16. The van der Waals surface area contributed by atoms with Crippen molar-refractivity contribution in [3.05, 3.63) is 34.3 Å². The molecular formula is C12H15ClFN. The highest BCUT2D eigenvalue weighted by atomic mass is 35.5. The summed E-state index contributed by atoms with van der Waals surface area (Å²) < 4.78 is 14.1. The monoisotopic (exact) mass is 227 g/mol. The van der Waals surface area contributed by atoms with Crippen LogP contribution in [0.25, 0.3) is 0 Å². The average Bonchev–Trinajstić information content (AvgIpc) is 2.59. The van der Waals surface area contributed by atoms with Gasteiger partial charge in [-0.3, -0.25) is 0 Å². The van der Waals surface area contributed by atoms with Crippen LogP contribution in [0.5, 0.6) is 0 Å². The third-order valence-electron chi connectivity index (χ3n) is 2.93. The summed E-state index contributed by atoms with van der Waals surface area (Å²) in [5.41, 5.74) is 0.979. The smallest absolute Gasteiger partial charge is 0.128 e. The van der Waals surface area contributed by atoms with Gasteiger partial charge >= 0.3 is 0 Å². The van der Waals surface area contributed by atoms with Crippen LogP contribution in [0.1, 0.15) is 17.5 Å². The lowest BCUT2D eigenvalue weighted by atomic mass is 9.95. The predicted octanol–water partition coefficient (Wildman–Crippen LogP) is 2.89. The molecule has 82 valence electrons. The summed E-state index contributed by atoms with van der Waals surface area (Å²) in [6.07, 6.45) is 1.09. The number of halogens is 2. The van der Waals surface area contributed by atoms with E-state index in [-0.39, 0.29) is 0 Å². The second-order valence-electron chi connectivity index (χ2n) is 4.34. The van der Waals surface area contributed by atoms with Gasteiger partial charge in [-0.05, 0) is 37.1 Å². The Balaban J connectivity index is 2.13. The molecule has 2 rings (SSSR count). The summed E-state index contributed by atoms with van der Waals surface area (Å²) in [6.45, 7) is 3.20. The van der Waals surface area contributed by atoms with Crippen LogP contribution in [0.2, 0.25) is 5.02 Å². The van der Waals surface area contributed by atoms with Crippen molar-refractivity contribution in [2.45, 2.75) is 25.4 Å². The van der Waals surface area contributed by atoms with Crippen LogP contribution in [0.3, 0.4) is 0 Å². The Kier molecular flexibility index (Phi) is 2.98. The summed E-state index contributed by atoms with van der Waals surface area (Å²) in [5, 5.41) is 3.80. The van der Waals surface area contributed by atoms with Crippen LogP contribution in [-0.4, -0.2) is 18.8 Å².